The van der Waals surface area contributed by atoms with Crippen molar-refractivity contribution in [3.63, 3.8) is 0 Å². The smallest absolute Gasteiger partial charge is 0.238 e. The Kier molecular flexibility index (Phi) is 3.15. The van der Waals surface area contributed by atoms with Crippen LogP contribution >= 0.6 is 0 Å². The van der Waals surface area contributed by atoms with E-state index in [-0.39, 0.29) is 12.1 Å². The maximum Gasteiger partial charge on any atom is 0.238 e. The maximum atomic E-state index is 13.8. The van der Waals surface area contributed by atoms with E-state index in [1.807, 2.05) is 0 Å². The first kappa shape index (κ1) is 13.6. The predicted molar refractivity (Wildman–Crippen MR) is 64.0 cm³/mol. The molecule has 102 valence electrons. The lowest BCUT2D eigenvalue weighted by molar-refractivity contribution is -0.122. The second-order valence-corrected chi connectivity index (χ2v) is 5.89. The summed E-state index contributed by atoms with van der Waals surface area (Å²) in [6, 6.07) is 2.80. The third-order valence-corrected chi connectivity index (χ3v) is 3.77. The second kappa shape index (κ2) is 4.39. The first-order valence-electron chi connectivity index (χ1n) is 5.41. The number of rotatable bonds is 2. The van der Waals surface area contributed by atoms with Crippen molar-refractivity contribution in [1.82, 2.24) is 0 Å². The van der Waals surface area contributed by atoms with Crippen LogP contribution in [0.15, 0.2) is 23.1 Å². The van der Waals surface area contributed by atoms with Crippen molar-refractivity contribution in [3.8, 4) is 0 Å². The van der Waals surface area contributed by atoms with Crippen LogP contribution in [-0.4, -0.2) is 20.2 Å². The number of imide groups is 1. The molecule has 1 saturated heterocycles. The molecule has 1 aromatic carbocycles. The SMILES string of the molecule is C[C@@H]1CC(=O)N(c2ccc(S(N)(=O)=O)cc2F)C1=O. The van der Waals surface area contributed by atoms with E-state index in [1.165, 1.54) is 0 Å². The number of carbonyl (C=O) groups is 2. The van der Waals surface area contributed by atoms with Crippen LogP contribution in [0.5, 0.6) is 0 Å². The molecule has 0 spiro atoms. The molecule has 0 unspecified atom stereocenters. The monoisotopic (exact) mass is 286 g/mol. The Hall–Kier alpha value is -1.80. The van der Waals surface area contributed by atoms with Gasteiger partial charge in [-0.05, 0) is 18.2 Å². The molecule has 2 amide bonds. The molecular formula is C11H11FN2O4S. The Morgan fingerprint density at radius 3 is 2.42 bits per heavy atom. The third-order valence-electron chi connectivity index (χ3n) is 2.86. The minimum atomic E-state index is -4.03. The number of benzene rings is 1. The Labute approximate surface area is 109 Å². The Bertz CT molecular complexity index is 671. The number of nitrogens with zero attached hydrogens (tertiary/aromatic N) is 1. The molecule has 1 heterocycles. The van der Waals surface area contributed by atoms with E-state index in [0.29, 0.717) is 6.07 Å². The van der Waals surface area contributed by atoms with Crippen molar-refractivity contribution in [3.05, 3.63) is 24.0 Å². The van der Waals surface area contributed by atoms with Crippen molar-refractivity contribution < 1.29 is 22.4 Å². The first-order chi connectivity index (χ1) is 8.71. The van der Waals surface area contributed by atoms with Crippen LogP contribution < -0.4 is 10.0 Å². The number of nitrogens with two attached hydrogens (primary N) is 1. The predicted octanol–water partition coefficient (Wildman–Crippen LogP) is 0.372. The molecule has 0 saturated carbocycles. The molecule has 2 N–H and O–H groups in total. The molecule has 8 heteroatoms. The molecule has 1 fully saturated rings. The summed E-state index contributed by atoms with van der Waals surface area (Å²) in [5.41, 5.74) is -0.258. The lowest BCUT2D eigenvalue weighted by Crippen LogP contribution is -2.31. The van der Waals surface area contributed by atoms with E-state index in [0.717, 1.165) is 17.0 Å². The molecule has 2 rings (SSSR count). The van der Waals surface area contributed by atoms with Gasteiger partial charge in [0.25, 0.3) is 0 Å². The largest absolute Gasteiger partial charge is 0.274 e. The molecule has 0 radical (unpaired) electrons. The zero-order valence-electron chi connectivity index (χ0n) is 9.96. The Balaban J connectivity index is 2.48. The lowest BCUT2D eigenvalue weighted by atomic mass is 10.1. The molecule has 1 aromatic rings. The van der Waals surface area contributed by atoms with Gasteiger partial charge in [-0.15, -0.1) is 0 Å². The third kappa shape index (κ3) is 2.36. The normalized spacial score (nSPS) is 20.2. The fraction of sp³-hybridized carbons (Fsp3) is 0.273. The van der Waals surface area contributed by atoms with Gasteiger partial charge in [0, 0.05) is 12.3 Å². The van der Waals surface area contributed by atoms with Crippen LogP contribution in [0.25, 0.3) is 0 Å². The van der Waals surface area contributed by atoms with Gasteiger partial charge in [-0.2, -0.15) is 0 Å². The highest BCUT2D eigenvalue weighted by Crippen LogP contribution is 2.29. The fourth-order valence-electron chi connectivity index (χ4n) is 1.88. The number of carbonyl (C=O) groups excluding carboxylic acids is 2. The number of anilines is 1. The average Bonchev–Trinajstić information content (AvgIpc) is 2.53. The molecule has 1 atom stereocenters. The van der Waals surface area contributed by atoms with Gasteiger partial charge in [0.05, 0.1) is 10.6 Å². The number of hydrogen-bond donors (Lipinski definition) is 1. The highest BCUT2D eigenvalue weighted by atomic mass is 32.2. The van der Waals surface area contributed by atoms with Gasteiger partial charge >= 0.3 is 0 Å². The molecule has 19 heavy (non-hydrogen) atoms. The summed E-state index contributed by atoms with van der Waals surface area (Å²) in [6.07, 6.45) is 0.00914. The number of primary sulfonamides is 1. The Morgan fingerprint density at radius 1 is 1.37 bits per heavy atom. The molecule has 0 bridgehead atoms. The summed E-state index contributed by atoms with van der Waals surface area (Å²) < 4.78 is 36.0. The molecule has 0 aliphatic carbocycles. The summed E-state index contributed by atoms with van der Waals surface area (Å²) in [4.78, 5) is 23.7. The Morgan fingerprint density at radius 2 is 2.00 bits per heavy atom. The van der Waals surface area contributed by atoms with Crippen LogP contribution in [-0.2, 0) is 19.6 Å². The van der Waals surface area contributed by atoms with Gasteiger partial charge in [-0.25, -0.2) is 22.8 Å². The summed E-state index contributed by atoms with van der Waals surface area (Å²) in [6.45, 7) is 1.57. The molecule has 1 aliphatic rings. The van der Waals surface area contributed by atoms with Crippen molar-refractivity contribution in [1.29, 1.82) is 0 Å². The molecule has 1 aliphatic heterocycles. The average molecular weight is 286 g/mol. The van der Waals surface area contributed by atoms with Gasteiger partial charge < -0.3 is 0 Å². The van der Waals surface area contributed by atoms with Crippen molar-refractivity contribution in [2.75, 3.05) is 4.90 Å². The number of amides is 2. The fourth-order valence-corrected chi connectivity index (χ4v) is 2.41. The summed E-state index contributed by atoms with van der Waals surface area (Å²) in [5.74, 6) is -2.51. The molecular weight excluding hydrogens is 275 g/mol. The van der Waals surface area contributed by atoms with Crippen LogP contribution in [0.3, 0.4) is 0 Å². The highest BCUT2D eigenvalue weighted by Gasteiger charge is 2.38. The summed E-state index contributed by atoms with van der Waals surface area (Å²) in [7, 11) is -4.03. The van der Waals surface area contributed by atoms with Crippen LogP contribution in [0.4, 0.5) is 10.1 Å². The first-order valence-corrected chi connectivity index (χ1v) is 6.95. The van der Waals surface area contributed by atoms with Crippen LogP contribution in [0, 0.1) is 11.7 Å². The van der Waals surface area contributed by atoms with Crippen LogP contribution in [0.2, 0.25) is 0 Å². The number of hydrogen-bond acceptors (Lipinski definition) is 4. The van der Waals surface area contributed by atoms with Crippen molar-refractivity contribution in [2.45, 2.75) is 18.2 Å². The van der Waals surface area contributed by atoms with Crippen LogP contribution in [0.1, 0.15) is 13.3 Å². The topological polar surface area (TPSA) is 97.5 Å². The minimum absolute atomic E-state index is 0.00914. The van der Waals surface area contributed by atoms with Gasteiger partial charge in [-0.1, -0.05) is 6.92 Å². The van der Waals surface area contributed by atoms with E-state index in [1.54, 1.807) is 6.92 Å². The van der Waals surface area contributed by atoms with Crippen molar-refractivity contribution >= 4 is 27.5 Å². The molecule has 0 aromatic heterocycles. The van der Waals surface area contributed by atoms with Gasteiger partial charge in [-0.3, -0.25) is 9.59 Å². The van der Waals surface area contributed by atoms with Crippen molar-refractivity contribution in [2.24, 2.45) is 11.1 Å². The standard InChI is InChI=1S/C11H11FN2O4S/c1-6-4-10(15)14(11(6)16)9-3-2-7(5-8(9)12)19(13,17)18/h2-3,5-6H,4H2,1H3,(H2,13,17,18)/t6-/m1/s1. The van der Waals surface area contributed by atoms with E-state index < -0.39 is 38.5 Å². The van der Waals surface area contributed by atoms with E-state index >= 15 is 0 Å². The zero-order chi connectivity index (χ0) is 14.4. The van der Waals surface area contributed by atoms with Gasteiger partial charge in [0.1, 0.15) is 5.82 Å². The summed E-state index contributed by atoms with van der Waals surface area (Å²) >= 11 is 0. The quantitative estimate of drug-likeness (QED) is 0.794. The summed E-state index contributed by atoms with van der Waals surface area (Å²) in [5, 5.41) is 4.86. The highest BCUT2D eigenvalue weighted by molar-refractivity contribution is 7.89. The minimum Gasteiger partial charge on any atom is -0.274 e. The number of halogens is 1. The van der Waals surface area contributed by atoms with E-state index in [2.05, 4.69) is 0 Å². The maximum absolute atomic E-state index is 13.8. The number of sulfonamides is 1. The van der Waals surface area contributed by atoms with Gasteiger partial charge in [0.15, 0.2) is 0 Å². The van der Waals surface area contributed by atoms with E-state index in [9.17, 15) is 22.4 Å². The second-order valence-electron chi connectivity index (χ2n) is 4.33. The van der Waals surface area contributed by atoms with Gasteiger partial charge in [0.2, 0.25) is 21.8 Å². The zero-order valence-corrected chi connectivity index (χ0v) is 10.8. The molecule has 6 nitrogen and oxygen atoms in total. The van der Waals surface area contributed by atoms with E-state index in [4.69, 9.17) is 5.14 Å². The lowest BCUT2D eigenvalue weighted by Gasteiger charge is -2.15.